The Hall–Kier alpha value is -2.98. The second-order valence-corrected chi connectivity index (χ2v) is 10.1. The lowest BCUT2D eigenvalue weighted by Gasteiger charge is -2.04. The van der Waals surface area contributed by atoms with Crippen LogP contribution in [0.15, 0.2) is 47.2 Å². The minimum atomic E-state index is -4.06. The third-order valence-corrected chi connectivity index (χ3v) is 7.45. The Bertz CT molecular complexity index is 1150. The van der Waals surface area contributed by atoms with Crippen LogP contribution in [-0.4, -0.2) is 41.2 Å². The van der Waals surface area contributed by atoms with Crippen molar-refractivity contribution in [1.29, 1.82) is 0 Å². The number of phenolic OH excluding ortho intramolecular Hbond substituents is 1. The topological polar surface area (TPSA) is 133 Å². The van der Waals surface area contributed by atoms with Crippen molar-refractivity contribution in [2.75, 3.05) is 25.0 Å². The van der Waals surface area contributed by atoms with Gasteiger partial charge in [-0.2, -0.15) is 0 Å². The van der Waals surface area contributed by atoms with Gasteiger partial charge in [-0.15, -0.1) is 0 Å². The van der Waals surface area contributed by atoms with Gasteiger partial charge in [0.1, 0.15) is 5.75 Å². The van der Waals surface area contributed by atoms with Crippen LogP contribution in [-0.2, 0) is 19.7 Å². The summed E-state index contributed by atoms with van der Waals surface area (Å²) in [6.07, 6.45) is 2.48. The molecule has 0 amide bonds. The molecule has 0 heterocycles. The quantitative estimate of drug-likeness (QED) is 0.599. The zero-order valence-corrected chi connectivity index (χ0v) is 17.4. The maximum absolute atomic E-state index is 12.2. The first-order valence-electron chi connectivity index (χ1n) is 8.17. The van der Waals surface area contributed by atoms with Crippen molar-refractivity contribution < 1.29 is 31.4 Å². The predicted octanol–water partition coefficient (Wildman–Crippen LogP) is 2.42. The van der Waals surface area contributed by atoms with E-state index in [9.17, 15) is 21.9 Å². The van der Waals surface area contributed by atoms with Crippen LogP contribution >= 0.6 is 0 Å². The Morgan fingerprint density at radius 2 is 1.38 bits per heavy atom. The summed E-state index contributed by atoms with van der Waals surface area (Å²) in [5.41, 5.74) is 6.99. The third kappa shape index (κ3) is 6.54. The number of methoxy groups -OCH3 is 2. The Morgan fingerprint density at radius 3 is 1.90 bits per heavy atom. The van der Waals surface area contributed by atoms with E-state index in [4.69, 9.17) is 15.2 Å². The van der Waals surface area contributed by atoms with Gasteiger partial charge in [-0.3, -0.25) is 0 Å². The van der Waals surface area contributed by atoms with Gasteiger partial charge in [0.25, 0.3) is 0 Å². The van der Waals surface area contributed by atoms with E-state index in [0.717, 1.165) is 10.8 Å². The van der Waals surface area contributed by atoms with Crippen molar-refractivity contribution in [1.82, 2.24) is 0 Å². The van der Waals surface area contributed by atoms with Crippen molar-refractivity contribution >= 4 is 37.5 Å². The van der Waals surface area contributed by atoms with E-state index in [-0.39, 0.29) is 11.5 Å². The largest absolute Gasteiger partial charge is 0.504 e. The van der Waals surface area contributed by atoms with Crippen molar-refractivity contribution in [2.24, 2.45) is 0 Å². The molecule has 0 unspecified atom stereocenters. The van der Waals surface area contributed by atoms with E-state index in [2.05, 4.69) is 0 Å². The van der Waals surface area contributed by atoms with Gasteiger partial charge in [0, 0.05) is 10.8 Å². The fourth-order valence-corrected chi connectivity index (χ4v) is 5.52. The minimum absolute atomic E-state index is 0.0978. The first-order valence-corrected chi connectivity index (χ1v) is 11.6. The number of anilines is 1. The predicted molar refractivity (Wildman–Crippen MR) is 113 cm³/mol. The summed E-state index contributed by atoms with van der Waals surface area (Å²) in [5.74, 6) is 0.516. The summed E-state index contributed by atoms with van der Waals surface area (Å²) in [7, 11) is -5.29. The molecule has 29 heavy (non-hydrogen) atoms. The van der Waals surface area contributed by atoms with Crippen LogP contribution in [0.1, 0.15) is 11.1 Å². The summed E-state index contributed by atoms with van der Waals surface area (Å²) in [4.78, 5) is 0. The molecular weight excluding hydrogens is 418 g/mol. The number of rotatable bonds is 8. The van der Waals surface area contributed by atoms with Gasteiger partial charge in [0.15, 0.2) is 36.3 Å². The molecule has 0 spiro atoms. The molecule has 0 bridgehead atoms. The number of nitrogens with two attached hydrogens (primary N) is 1. The number of sulfone groups is 2. The Kier molecular flexibility index (Phi) is 6.93. The van der Waals surface area contributed by atoms with Crippen LogP contribution in [0.4, 0.5) is 5.69 Å². The molecule has 0 saturated heterocycles. The van der Waals surface area contributed by atoms with Crippen LogP contribution in [0, 0.1) is 0 Å². The van der Waals surface area contributed by atoms with Crippen molar-refractivity contribution in [3.8, 4) is 17.2 Å². The average Bonchev–Trinajstić information content (AvgIpc) is 2.65. The molecule has 0 fully saturated rings. The normalized spacial score (nSPS) is 12.5. The maximum Gasteiger partial charge on any atom is 0.186 e. The molecule has 0 saturated carbocycles. The van der Waals surface area contributed by atoms with Crippen LogP contribution in [0.3, 0.4) is 0 Å². The molecule has 2 aromatic rings. The zero-order chi connectivity index (χ0) is 21.7. The second kappa shape index (κ2) is 9.01. The minimum Gasteiger partial charge on any atom is -0.504 e. The number of hydrogen-bond acceptors (Lipinski definition) is 8. The van der Waals surface area contributed by atoms with Gasteiger partial charge in [-0.1, -0.05) is 12.1 Å². The van der Waals surface area contributed by atoms with E-state index < -0.39 is 24.8 Å². The van der Waals surface area contributed by atoms with Crippen molar-refractivity contribution in [3.05, 3.63) is 58.3 Å². The molecule has 10 heteroatoms. The molecule has 2 rings (SSSR count). The molecule has 8 nitrogen and oxygen atoms in total. The molecule has 2 aromatic carbocycles. The summed E-state index contributed by atoms with van der Waals surface area (Å²) >= 11 is 0. The lowest BCUT2D eigenvalue weighted by atomic mass is 10.2. The highest BCUT2D eigenvalue weighted by Crippen LogP contribution is 2.27. The van der Waals surface area contributed by atoms with E-state index in [1.54, 1.807) is 12.1 Å². The lowest BCUT2D eigenvalue weighted by Crippen LogP contribution is -2.11. The molecule has 0 aliphatic carbocycles. The van der Waals surface area contributed by atoms with E-state index in [1.807, 2.05) is 0 Å². The van der Waals surface area contributed by atoms with E-state index in [0.29, 0.717) is 22.6 Å². The zero-order valence-electron chi connectivity index (χ0n) is 15.8. The molecule has 0 aromatic heterocycles. The second-order valence-electron chi connectivity index (χ2n) is 5.98. The highest BCUT2D eigenvalue weighted by molar-refractivity contribution is 8.10. The average molecular weight is 440 g/mol. The van der Waals surface area contributed by atoms with Crippen LogP contribution < -0.4 is 15.2 Å². The van der Waals surface area contributed by atoms with Crippen LogP contribution in [0.2, 0.25) is 0 Å². The number of aromatic hydroxyl groups is 1. The van der Waals surface area contributed by atoms with Gasteiger partial charge < -0.3 is 20.3 Å². The number of ether oxygens (including phenoxy) is 2. The standard InChI is InChI=1S/C19H21NO7S2/c1-26-18-6-4-14(11-16(18)20)7-9-28(22,23)13-29(24,25)10-8-15-3-5-17(21)19(12-15)27-2/h3-12,21H,13,20H2,1-2H3/b9-7?,10-8+. The van der Waals surface area contributed by atoms with Gasteiger partial charge in [0.2, 0.25) is 0 Å². The Balaban J connectivity index is 2.14. The smallest absolute Gasteiger partial charge is 0.186 e. The van der Waals surface area contributed by atoms with Crippen LogP contribution in [0.25, 0.3) is 12.2 Å². The van der Waals surface area contributed by atoms with Gasteiger partial charge in [-0.25, -0.2) is 16.8 Å². The summed E-state index contributed by atoms with van der Waals surface area (Å²) in [6, 6.07) is 8.90. The number of nitrogen functional groups attached to an aromatic ring is 1. The van der Waals surface area contributed by atoms with Gasteiger partial charge in [-0.05, 0) is 47.5 Å². The molecule has 3 N–H and O–H groups in total. The Morgan fingerprint density at radius 1 is 0.862 bits per heavy atom. The van der Waals surface area contributed by atoms with Crippen LogP contribution in [0.5, 0.6) is 17.2 Å². The Labute approximate surface area is 169 Å². The highest BCUT2D eigenvalue weighted by atomic mass is 32.3. The highest BCUT2D eigenvalue weighted by Gasteiger charge is 2.17. The number of phenols is 1. The molecule has 0 aliphatic rings. The number of benzene rings is 2. The summed E-state index contributed by atoms with van der Waals surface area (Å²) < 4.78 is 58.7. The van der Waals surface area contributed by atoms with E-state index in [1.165, 1.54) is 50.6 Å². The summed E-state index contributed by atoms with van der Waals surface area (Å²) in [5, 5.41) is 10.1. The van der Waals surface area contributed by atoms with Crippen molar-refractivity contribution in [2.45, 2.75) is 0 Å². The maximum atomic E-state index is 12.2. The molecule has 0 atom stereocenters. The fraction of sp³-hybridized carbons (Fsp3) is 0.158. The summed E-state index contributed by atoms with van der Waals surface area (Å²) in [6.45, 7) is 0. The molecule has 156 valence electrons. The fourth-order valence-electron chi connectivity index (χ4n) is 2.33. The monoisotopic (exact) mass is 439 g/mol. The SMILES string of the molecule is COc1ccc(C=CS(=O)(=O)CS(=O)(=O)/C=C/c2ccc(O)c(OC)c2)cc1N. The molecule has 0 aliphatic heterocycles. The third-order valence-electron chi connectivity index (χ3n) is 3.72. The molecular formula is C19H21NO7S2. The van der Waals surface area contributed by atoms with Crippen molar-refractivity contribution in [3.63, 3.8) is 0 Å². The number of hydrogen-bond donors (Lipinski definition) is 2. The van der Waals surface area contributed by atoms with Gasteiger partial charge >= 0.3 is 0 Å². The van der Waals surface area contributed by atoms with E-state index >= 15 is 0 Å². The van der Waals surface area contributed by atoms with Gasteiger partial charge in [0.05, 0.1) is 19.9 Å². The molecule has 0 radical (unpaired) electrons. The first kappa shape index (κ1) is 22.3. The first-order chi connectivity index (χ1) is 13.5. The lowest BCUT2D eigenvalue weighted by molar-refractivity contribution is 0.373.